The van der Waals surface area contributed by atoms with Crippen LogP contribution in [0.2, 0.25) is 0 Å². The van der Waals surface area contributed by atoms with Gasteiger partial charge in [-0.2, -0.15) is 0 Å². The Hall–Kier alpha value is -3.32. The van der Waals surface area contributed by atoms with Crippen molar-refractivity contribution in [1.82, 2.24) is 9.55 Å². The largest absolute Gasteiger partial charge is 0.496 e. The van der Waals surface area contributed by atoms with Gasteiger partial charge in [-0.25, -0.2) is 9.37 Å². The molecule has 0 aliphatic carbocycles. The summed E-state index contributed by atoms with van der Waals surface area (Å²) in [5, 5.41) is 2.37. The third-order valence-corrected chi connectivity index (χ3v) is 5.59. The maximum absolute atomic E-state index is 13.6. The van der Waals surface area contributed by atoms with Crippen LogP contribution in [0.1, 0.15) is 15.9 Å². The molecule has 0 amide bonds. The van der Waals surface area contributed by atoms with E-state index in [0.717, 1.165) is 22.8 Å². The molecule has 0 bridgehead atoms. The van der Waals surface area contributed by atoms with Crippen molar-refractivity contribution in [2.75, 3.05) is 7.11 Å². The highest BCUT2D eigenvalue weighted by Crippen LogP contribution is 2.30. The standard InChI is InChI=1S/C22H17FN2O3S/c1-13-3-5-14(6-4-13)17-11-29-21-20(17)22(27)25(12-24-21)10-18(26)16-9-15(23)7-8-19(16)28-2/h3-9,11-12H,10H2,1-2H3. The van der Waals surface area contributed by atoms with E-state index in [2.05, 4.69) is 4.98 Å². The summed E-state index contributed by atoms with van der Waals surface area (Å²) in [5.41, 5.74) is 2.60. The molecule has 4 rings (SSSR count). The summed E-state index contributed by atoms with van der Waals surface area (Å²) >= 11 is 1.38. The number of aromatic nitrogens is 2. The normalized spacial score (nSPS) is 11.0. The molecule has 0 aliphatic heterocycles. The van der Waals surface area contributed by atoms with Gasteiger partial charge in [0.25, 0.3) is 5.56 Å². The molecule has 0 fully saturated rings. The number of benzene rings is 2. The van der Waals surface area contributed by atoms with Crippen LogP contribution in [-0.4, -0.2) is 22.4 Å². The van der Waals surface area contributed by atoms with Gasteiger partial charge in [0.1, 0.15) is 16.4 Å². The van der Waals surface area contributed by atoms with Crippen molar-refractivity contribution in [2.45, 2.75) is 13.5 Å². The minimum atomic E-state index is -0.547. The van der Waals surface area contributed by atoms with E-state index >= 15 is 0 Å². The summed E-state index contributed by atoms with van der Waals surface area (Å²) in [6, 6.07) is 11.6. The molecule has 2 aromatic heterocycles. The fourth-order valence-corrected chi connectivity index (χ4v) is 4.07. The van der Waals surface area contributed by atoms with Crippen molar-refractivity contribution in [2.24, 2.45) is 0 Å². The van der Waals surface area contributed by atoms with Crippen LogP contribution in [0.15, 0.2) is 59.0 Å². The number of nitrogens with zero attached hydrogens (tertiary/aromatic N) is 2. The Bertz CT molecular complexity index is 1280. The first-order chi connectivity index (χ1) is 14.0. The Kier molecular flexibility index (Phi) is 4.98. The van der Waals surface area contributed by atoms with Gasteiger partial charge < -0.3 is 4.74 Å². The summed E-state index contributed by atoms with van der Waals surface area (Å²) in [6.07, 6.45) is 1.35. The molecule has 0 saturated heterocycles. The van der Waals surface area contributed by atoms with E-state index in [1.54, 1.807) is 0 Å². The number of carbonyl (C=O) groups excluding carboxylic acids is 1. The second-order valence-corrected chi connectivity index (χ2v) is 7.50. The van der Waals surface area contributed by atoms with E-state index in [4.69, 9.17) is 4.74 Å². The van der Waals surface area contributed by atoms with E-state index in [1.807, 2.05) is 36.6 Å². The monoisotopic (exact) mass is 408 g/mol. The highest BCUT2D eigenvalue weighted by Gasteiger charge is 2.18. The predicted molar refractivity (Wildman–Crippen MR) is 111 cm³/mol. The van der Waals surface area contributed by atoms with E-state index in [-0.39, 0.29) is 23.4 Å². The zero-order chi connectivity index (χ0) is 20.5. The highest BCUT2D eigenvalue weighted by atomic mass is 32.1. The Balaban J connectivity index is 1.76. The Morgan fingerprint density at radius 3 is 2.69 bits per heavy atom. The first-order valence-electron chi connectivity index (χ1n) is 8.88. The van der Waals surface area contributed by atoms with Crippen LogP contribution in [0.3, 0.4) is 0 Å². The summed E-state index contributed by atoms with van der Waals surface area (Å²) in [7, 11) is 1.41. The van der Waals surface area contributed by atoms with Gasteiger partial charge in [-0.05, 0) is 30.7 Å². The maximum atomic E-state index is 13.6. The van der Waals surface area contributed by atoms with Crippen molar-refractivity contribution >= 4 is 27.3 Å². The fourth-order valence-electron chi connectivity index (χ4n) is 3.16. The number of Topliss-reactive ketones (excluding diaryl/α,β-unsaturated/α-hetero) is 1. The van der Waals surface area contributed by atoms with Crippen LogP contribution >= 0.6 is 11.3 Å². The topological polar surface area (TPSA) is 61.2 Å². The molecule has 0 radical (unpaired) electrons. The van der Waals surface area contributed by atoms with Gasteiger partial charge in [-0.3, -0.25) is 14.2 Å². The smallest absolute Gasteiger partial charge is 0.263 e. The molecule has 0 saturated carbocycles. The molecular formula is C22H17FN2O3S. The maximum Gasteiger partial charge on any atom is 0.263 e. The predicted octanol–water partition coefficient (Wildman–Crippen LogP) is 4.46. The van der Waals surface area contributed by atoms with Crippen LogP contribution < -0.4 is 10.3 Å². The molecule has 0 atom stereocenters. The molecule has 0 N–H and O–H groups in total. The zero-order valence-electron chi connectivity index (χ0n) is 15.8. The Morgan fingerprint density at radius 2 is 1.97 bits per heavy atom. The number of ether oxygens (including phenoxy) is 1. The molecule has 29 heavy (non-hydrogen) atoms. The second-order valence-electron chi connectivity index (χ2n) is 6.64. The molecule has 0 aliphatic rings. The average molecular weight is 408 g/mol. The molecule has 146 valence electrons. The number of hydrogen-bond donors (Lipinski definition) is 0. The van der Waals surface area contributed by atoms with Crippen LogP contribution in [0.25, 0.3) is 21.3 Å². The van der Waals surface area contributed by atoms with E-state index in [1.165, 1.54) is 41.5 Å². The van der Waals surface area contributed by atoms with E-state index in [9.17, 15) is 14.0 Å². The number of ketones is 1. The van der Waals surface area contributed by atoms with Crippen molar-refractivity contribution in [3.8, 4) is 16.9 Å². The van der Waals surface area contributed by atoms with Gasteiger partial charge >= 0.3 is 0 Å². The van der Waals surface area contributed by atoms with E-state index in [0.29, 0.717) is 10.2 Å². The number of rotatable bonds is 5. The molecule has 2 aromatic carbocycles. The van der Waals surface area contributed by atoms with Crippen LogP contribution in [0.4, 0.5) is 4.39 Å². The number of carbonyl (C=O) groups is 1. The number of halogens is 1. The molecule has 5 nitrogen and oxygen atoms in total. The first kappa shape index (κ1) is 19.0. The third-order valence-electron chi connectivity index (χ3n) is 4.70. The minimum Gasteiger partial charge on any atom is -0.496 e. The van der Waals surface area contributed by atoms with Crippen LogP contribution in [-0.2, 0) is 6.54 Å². The van der Waals surface area contributed by atoms with Crippen LogP contribution in [0.5, 0.6) is 5.75 Å². The minimum absolute atomic E-state index is 0.0866. The lowest BCUT2D eigenvalue weighted by Gasteiger charge is -2.09. The van der Waals surface area contributed by atoms with Crippen molar-refractivity contribution in [3.05, 3.63) is 81.5 Å². The molecule has 0 unspecified atom stereocenters. The lowest BCUT2D eigenvalue weighted by Crippen LogP contribution is -2.24. The molecule has 4 aromatic rings. The SMILES string of the molecule is COc1ccc(F)cc1C(=O)Cn1cnc2scc(-c3ccc(C)cc3)c2c1=O. The third kappa shape index (κ3) is 3.56. The Labute approximate surface area is 170 Å². The van der Waals surface area contributed by atoms with Gasteiger partial charge in [0, 0.05) is 10.9 Å². The zero-order valence-corrected chi connectivity index (χ0v) is 16.6. The molecular weight excluding hydrogens is 391 g/mol. The number of thiophene rings is 1. The molecule has 7 heteroatoms. The van der Waals surface area contributed by atoms with Gasteiger partial charge in [0.05, 0.1) is 30.9 Å². The van der Waals surface area contributed by atoms with Crippen LogP contribution in [0, 0.1) is 12.7 Å². The van der Waals surface area contributed by atoms with Crippen molar-refractivity contribution in [1.29, 1.82) is 0 Å². The number of hydrogen-bond acceptors (Lipinski definition) is 5. The number of methoxy groups -OCH3 is 1. The number of aryl methyl sites for hydroxylation is 1. The van der Waals surface area contributed by atoms with E-state index < -0.39 is 11.6 Å². The van der Waals surface area contributed by atoms with Crippen molar-refractivity contribution in [3.63, 3.8) is 0 Å². The number of fused-ring (bicyclic) bond motifs is 1. The Morgan fingerprint density at radius 1 is 1.21 bits per heavy atom. The van der Waals surface area contributed by atoms with Gasteiger partial charge in [-0.1, -0.05) is 29.8 Å². The fraction of sp³-hybridized carbons (Fsp3) is 0.136. The quantitative estimate of drug-likeness (QED) is 0.457. The lowest BCUT2D eigenvalue weighted by atomic mass is 10.0. The molecule has 0 spiro atoms. The van der Waals surface area contributed by atoms with Crippen molar-refractivity contribution < 1.29 is 13.9 Å². The summed E-state index contributed by atoms with van der Waals surface area (Å²) in [4.78, 5) is 30.8. The van der Waals surface area contributed by atoms with Gasteiger partial charge in [0.15, 0.2) is 5.78 Å². The highest BCUT2D eigenvalue weighted by molar-refractivity contribution is 7.17. The average Bonchev–Trinajstić information content (AvgIpc) is 3.15. The van der Waals surface area contributed by atoms with Gasteiger partial charge in [-0.15, -0.1) is 11.3 Å². The lowest BCUT2D eigenvalue weighted by molar-refractivity contribution is 0.0967. The first-order valence-corrected chi connectivity index (χ1v) is 9.76. The summed E-state index contributed by atoms with van der Waals surface area (Å²) < 4.78 is 20.0. The summed E-state index contributed by atoms with van der Waals surface area (Å²) in [5.74, 6) is -0.722. The summed E-state index contributed by atoms with van der Waals surface area (Å²) in [6.45, 7) is 1.74. The van der Waals surface area contributed by atoms with Gasteiger partial charge in [0.2, 0.25) is 0 Å². The second kappa shape index (κ2) is 7.60. The molecule has 2 heterocycles.